The maximum Gasteiger partial charge on any atom is 0.407 e. The predicted octanol–water partition coefficient (Wildman–Crippen LogP) is 3.49. The highest BCUT2D eigenvalue weighted by atomic mass is 35.5. The molecule has 1 rings (SSSR count). The molecule has 0 fully saturated rings. The first-order chi connectivity index (χ1) is 10.1. The number of amides is 1. The largest absolute Gasteiger partial charge is 0.444 e. The van der Waals surface area contributed by atoms with Crippen LogP contribution in [0.5, 0.6) is 0 Å². The summed E-state index contributed by atoms with van der Waals surface area (Å²) in [7, 11) is 0. The number of non-ortho nitro benzene ring substituents is 1. The van der Waals surface area contributed by atoms with Crippen molar-refractivity contribution in [1.29, 1.82) is 0 Å². The molecule has 0 aliphatic rings. The summed E-state index contributed by atoms with van der Waals surface area (Å²) in [6, 6.07) is 2.73. The van der Waals surface area contributed by atoms with Crippen LogP contribution >= 0.6 is 11.6 Å². The minimum Gasteiger partial charge on any atom is -0.444 e. The van der Waals surface area contributed by atoms with Crippen LogP contribution in [-0.4, -0.2) is 29.7 Å². The third kappa shape index (κ3) is 5.77. The van der Waals surface area contributed by atoms with Gasteiger partial charge in [0.05, 0.1) is 15.6 Å². The van der Waals surface area contributed by atoms with Gasteiger partial charge in [-0.05, 0) is 33.3 Å². The molecule has 0 bridgehead atoms. The average Bonchev–Trinajstić information content (AvgIpc) is 2.34. The lowest BCUT2D eigenvalue weighted by Gasteiger charge is -2.20. The zero-order chi connectivity index (χ0) is 16.9. The van der Waals surface area contributed by atoms with Gasteiger partial charge < -0.3 is 15.4 Å². The molecule has 0 aliphatic carbocycles. The Labute approximate surface area is 134 Å². The predicted molar refractivity (Wildman–Crippen MR) is 85.6 cm³/mol. The van der Waals surface area contributed by atoms with Gasteiger partial charge in [0.15, 0.2) is 0 Å². The summed E-state index contributed by atoms with van der Waals surface area (Å²) >= 11 is 6.03. The number of nitrogens with one attached hydrogen (secondary N) is 2. The Hall–Kier alpha value is -2.02. The lowest BCUT2D eigenvalue weighted by molar-refractivity contribution is -0.384. The fraction of sp³-hybridized carbons (Fsp3) is 0.500. The van der Waals surface area contributed by atoms with Crippen LogP contribution in [0.1, 0.15) is 26.3 Å². The molecule has 1 aromatic rings. The van der Waals surface area contributed by atoms with Gasteiger partial charge in [-0.2, -0.15) is 0 Å². The Morgan fingerprint density at radius 2 is 2.00 bits per heavy atom. The zero-order valence-electron chi connectivity index (χ0n) is 13.0. The Morgan fingerprint density at radius 1 is 1.36 bits per heavy atom. The third-order valence-electron chi connectivity index (χ3n) is 2.58. The van der Waals surface area contributed by atoms with Crippen molar-refractivity contribution in [2.75, 3.05) is 18.4 Å². The van der Waals surface area contributed by atoms with E-state index in [9.17, 15) is 14.9 Å². The van der Waals surface area contributed by atoms with Gasteiger partial charge in [0.2, 0.25) is 0 Å². The highest BCUT2D eigenvalue weighted by Gasteiger charge is 2.16. The van der Waals surface area contributed by atoms with Crippen LogP contribution in [0.15, 0.2) is 12.1 Å². The molecule has 2 N–H and O–H groups in total. The van der Waals surface area contributed by atoms with Crippen molar-refractivity contribution < 1.29 is 14.5 Å². The molecule has 122 valence electrons. The van der Waals surface area contributed by atoms with E-state index in [1.165, 1.54) is 12.1 Å². The number of halogens is 1. The number of hydrogen-bond donors (Lipinski definition) is 2. The van der Waals surface area contributed by atoms with Crippen molar-refractivity contribution in [3.05, 3.63) is 32.8 Å². The van der Waals surface area contributed by atoms with Gasteiger partial charge >= 0.3 is 6.09 Å². The summed E-state index contributed by atoms with van der Waals surface area (Å²) in [5.41, 5.74) is 0.671. The first kappa shape index (κ1) is 18.0. The Kier molecular flexibility index (Phi) is 5.99. The van der Waals surface area contributed by atoms with Gasteiger partial charge in [0.25, 0.3) is 5.69 Å². The van der Waals surface area contributed by atoms with E-state index in [2.05, 4.69) is 10.6 Å². The molecule has 0 heterocycles. The van der Waals surface area contributed by atoms with E-state index < -0.39 is 16.6 Å². The molecule has 1 amide bonds. The number of alkyl carbamates (subject to hydrolysis) is 1. The fourth-order valence-electron chi connectivity index (χ4n) is 1.72. The number of ether oxygens (including phenoxy) is 1. The number of rotatable bonds is 5. The number of carbonyl (C=O) groups excluding carboxylic acids is 1. The normalized spacial score (nSPS) is 11.0. The molecular formula is C14H20ClN3O4. The zero-order valence-corrected chi connectivity index (χ0v) is 13.8. The van der Waals surface area contributed by atoms with E-state index in [1.54, 1.807) is 27.7 Å². The minimum atomic E-state index is -0.546. The van der Waals surface area contributed by atoms with Crippen LogP contribution in [0.25, 0.3) is 0 Å². The number of nitrogens with zero attached hydrogens (tertiary/aromatic N) is 1. The van der Waals surface area contributed by atoms with Crippen LogP contribution in [0.3, 0.4) is 0 Å². The van der Waals surface area contributed by atoms with E-state index in [0.717, 1.165) is 0 Å². The van der Waals surface area contributed by atoms with Gasteiger partial charge in [0, 0.05) is 25.2 Å². The second kappa shape index (κ2) is 7.31. The van der Waals surface area contributed by atoms with Crippen molar-refractivity contribution in [1.82, 2.24) is 5.32 Å². The molecule has 22 heavy (non-hydrogen) atoms. The lowest BCUT2D eigenvalue weighted by Crippen LogP contribution is -2.35. The monoisotopic (exact) mass is 329 g/mol. The van der Waals surface area contributed by atoms with Crippen molar-refractivity contribution >= 4 is 29.1 Å². The maximum atomic E-state index is 11.5. The van der Waals surface area contributed by atoms with Crippen LogP contribution in [0.2, 0.25) is 5.02 Å². The highest BCUT2D eigenvalue weighted by molar-refractivity contribution is 6.33. The second-order valence-corrected chi connectivity index (χ2v) is 6.14. The maximum absolute atomic E-state index is 11.5. The van der Waals surface area contributed by atoms with Crippen LogP contribution in [0, 0.1) is 17.0 Å². The second-order valence-electron chi connectivity index (χ2n) is 5.73. The molecule has 0 aliphatic heterocycles. The van der Waals surface area contributed by atoms with Crippen molar-refractivity contribution in [3.8, 4) is 0 Å². The topological polar surface area (TPSA) is 93.5 Å². The third-order valence-corrected chi connectivity index (χ3v) is 2.88. The Balaban J connectivity index is 2.52. The highest BCUT2D eigenvalue weighted by Crippen LogP contribution is 2.30. The van der Waals surface area contributed by atoms with E-state index in [-0.39, 0.29) is 10.7 Å². The summed E-state index contributed by atoms with van der Waals surface area (Å²) in [6.45, 7) is 7.82. The number of anilines is 1. The van der Waals surface area contributed by atoms with Gasteiger partial charge in [-0.25, -0.2) is 4.79 Å². The first-order valence-electron chi connectivity index (χ1n) is 6.75. The van der Waals surface area contributed by atoms with Gasteiger partial charge in [0.1, 0.15) is 5.60 Å². The molecule has 0 spiro atoms. The number of carbonyl (C=O) groups is 1. The standard InChI is InChI=1S/C14H20ClN3O4/c1-9-7-10(18(20)21)8-11(15)12(9)16-5-6-17-13(19)22-14(2,3)4/h7-8,16H,5-6H2,1-4H3,(H,17,19). The molecule has 7 nitrogen and oxygen atoms in total. The van der Waals surface area contributed by atoms with Crippen molar-refractivity contribution in [2.45, 2.75) is 33.3 Å². The molecule has 1 aromatic carbocycles. The smallest absolute Gasteiger partial charge is 0.407 e. The minimum absolute atomic E-state index is 0.0556. The van der Waals surface area contributed by atoms with Crippen LogP contribution < -0.4 is 10.6 Å². The average molecular weight is 330 g/mol. The number of hydrogen-bond acceptors (Lipinski definition) is 5. The summed E-state index contributed by atoms with van der Waals surface area (Å²) < 4.78 is 5.10. The molecule has 0 aromatic heterocycles. The lowest BCUT2D eigenvalue weighted by atomic mass is 10.2. The molecular weight excluding hydrogens is 310 g/mol. The number of benzene rings is 1. The molecule has 8 heteroatoms. The van der Waals surface area contributed by atoms with E-state index >= 15 is 0 Å². The van der Waals surface area contributed by atoms with E-state index in [4.69, 9.17) is 16.3 Å². The summed E-state index contributed by atoms with van der Waals surface area (Å²) in [6.07, 6.45) is -0.499. The quantitative estimate of drug-likeness (QED) is 0.490. The number of nitro groups is 1. The van der Waals surface area contributed by atoms with E-state index in [0.29, 0.717) is 24.3 Å². The summed E-state index contributed by atoms with van der Waals surface area (Å²) in [5.74, 6) is 0. The van der Waals surface area contributed by atoms with Crippen LogP contribution in [0.4, 0.5) is 16.2 Å². The molecule has 0 atom stereocenters. The number of nitro benzene ring substituents is 1. The number of aryl methyl sites for hydroxylation is 1. The molecule has 0 unspecified atom stereocenters. The van der Waals surface area contributed by atoms with Gasteiger partial charge in [-0.15, -0.1) is 0 Å². The fourth-order valence-corrected chi connectivity index (χ4v) is 2.05. The molecule has 0 saturated heterocycles. The first-order valence-corrected chi connectivity index (χ1v) is 7.13. The van der Waals surface area contributed by atoms with Crippen molar-refractivity contribution in [3.63, 3.8) is 0 Å². The molecule has 0 saturated carbocycles. The molecule has 0 radical (unpaired) electrons. The van der Waals surface area contributed by atoms with Crippen molar-refractivity contribution in [2.24, 2.45) is 0 Å². The Bertz CT molecular complexity index is 547. The Morgan fingerprint density at radius 3 is 2.50 bits per heavy atom. The SMILES string of the molecule is Cc1cc([N+](=O)[O-])cc(Cl)c1NCCNC(=O)OC(C)(C)C. The van der Waals surface area contributed by atoms with Gasteiger partial charge in [-0.3, -0.25) is 10.1 Å². The van der Waals surface area contributed by atoms with Gasteiger partial charge in [-0.1, -0.05) is 11.6 Å². The summed E-state index contributed by atoms with van der Waals surface area (Å²) in [4.78, 5) is 21.7. The van der Waals surface area contributed by atoms with Crippen LogP contribution in [-0.2, 0) is 4.74 Å². The van der Waals surface area contributed by atoms with E-state index in [1.807, 2.05) is 0 Å². The summed E-state index contributed by atoms with van der Waals surface area (Å²) in [5, 5.41) is 16.6.